The monoisotopic (exact) mass is 456 g/mol. The van der Waals surface area contributed by atoms with Crippen molar-refractivity contribution in [2.45, 2.75) is 24.9 Å². The van der Waals surface area contributed by atoms with Gasteiger partial charge in [-0.1, -0.05) is 6.07 Å². The van der Waals surface area contributed by atoms with Crippen molar-refractivity contribution >= 4 is 22.0 Å². The number of rotatable bonds is 4. The quantitative estimate of drug-likeness (QED) is 0.663. The normalized spacial score (nSPS) is 16.3. The Bertz CT molecular complexity index is 1120. The average molecular weight is 456 g/mol. The summed E-state index contributed by atoms with van der Waals surface area (Å²) in [7, 11) is -2.28. The van der Waals surface area contributed by atoms with Crippen LogP contribution in [0.3, 0.4) is 0 Å². The molecule has 7 nitrogen and oxygen atoms in total. The first kappa shape index (κ1) is 23.0. The molecule has 1 aliphatic heterocycles. The summed E-state index contributed by atoms with van der Waals surface area (Å²) in [4.78, 5) is 13.6. The Morgan fingerprint density at radius 2 is 1.77 bits per heavy atom. The molecule has 1 aromatic heterocycles. The molecule has 1 aliphatic rings. The molecule has 1 fully saturated rings. The molecule has 1 amide bonds. The number of aromatic nitrogens is 2. The molecule has 0 N–H and O–H groups in total. The van der Waals surface area contributed by atoms with E-state index in [9.17, 15) is 26.4 Å². The topological polar surface area (TPSA) is 75.5 Å². The molecular weight excluding hydrogens is 433 g/mol. The highest BCUT2D eigenvalue weighted by atomic mass is 32.2. The van der Waals surface area contributed by atoms with Gasteiger partial charge >= 0.3 is 6.18 Å². The van der Waals surface area contributed by atoms with Gasteiger partial charge in [0.15, 0.2) is 0 Å². The number of amides is 1. The second-order valence-electron chi connectivity index (χ2n) is 7.30. The summed E-state index contributed by atoms with van der Waals surface area (Å²) in [6.07, 6.45) is -1.52. The predicted octanol–water partition coefficient (Wildman–Crippen LogP) is 2.60. The molecule has 1 aromatic carbocycles. The molecule has 11 heteroatoms. The number of sulfonamides is 1. The number of halogens is 3. The van der Waals surface area contributed by atoms with Gasteiger partial charge in [0.1, 0.15) is 0 Å². The summed E-state index contributed by atoms with van der Waals surface area (Å²) in [5.74, 6) is -0.265. The maximum Gasteiger partial charge on any atom is 0.416 e. The summed E-state index contributed by atoms with van der Waals surface area (Å²) >= 11 is 0. The van der Waals surface area contributed by atoms with Gasteiger partial charge in [-0.05, 0) is 38.1 Å². The SMILES string of the molecule is Cc1nn(C)c(C)c1C=CC(=O)N1CCN(S(=O)(=O)c2cccc(C(F)(F)F)c2)CC1. The second kappa shape index (κ2) is 8.46. The smallest absolute Gasteiger partial charge is 0.337 e. The van der Waals surface area contributed by atoms with Gasteiger partial charge in [-0.2, -0.15) is 22.6 Å². The van der Waals surface area contributed by atoms with Crippen molar-refractivity contribution in [1.82, 2.24) is 19.0 Å². The van der Waals surface area contributed by atoms with Gasteiger partial charge in [-0.3, -0.25) is 9.48 Å². The van der Waals surface area contributed by atoms with Crippen molar-refractivity contribution in [1.29, 1.82) is 0 Å². The molecule has 0 saturated carbocycles. The molecule has 0 spiro atoms. The van der Waals surface area contributed by atoms with Crippen LogP contribution in [-0.2, 0) is 28.0 Å². The molecule has 2 heterocycles. The summed E-state index contributed by atoms with van der Waals surface area (Å²) in [5.41, 5.74) is 1.54. The fourth-order valence-corrected chi connectivity index (χ4v) is 4.89. The van der Waals surface area contributed by atoms with Gasteiger partial charge < -0.3 is 4.90 Å². The number of benzene rings is 1. The Morgan fingerprint density at radius 1 is 1.13 bits per heavy atom. The van der Waals surface area contributed by atoms with Crippen LogP contribution in [0, 0.1) is 13.8 Å². The zero-order chi connectivity index (χ0) is 23.0. The van der Waals surface area contributed by atoms with Crippen molar-refractivity contribution < 1.29 is 26.4 Å². The van der Waals surface area contributed by atoms with Crippen LogP contribution in [0.5, 0.6) is 0 Å². The number of hydrogen-bond acceptors (Lipinski definition) is 4. The van der Waals surface area contributed by atoms with Crippen LogP contribution in [0.4, 0.5) is 13.2 Å². The summed E-state index contributed by atoms with van der Waals surface area (Å²) < 4.78 is 67.1. The Labute approximate surface area is 178 Å². The third-order valence-electron chi connectivity index (χ3n) is 5.31. The number of nitrogens with zero attached hydrogens (tertiary/aromatic N) is 4. The van der Waals surface area contributed by atoms with Crippen molar-refractivity contribution in [3.63, 3.8) is 0 Å². The number of aryl methyl sites for hydroxylation is 2. The van der Waals surface area contributed by atoms with Crippen LogP contribution in [-0.4, -0.2) is 59.5 Å². The summed E-state index contributed by atoms with van der Waals surface area (Å²) in [5, 5.41) is 4.28. The molecular formula is C20H23F3N4O3S. The Balaban J connectivity index is 1.67. The molecule has 168 valence electrons. The van der Waals surface area contributed by atoms with Gasteiger partial charge in [0, 0.05) is 50.6 Å². The highest BCUT2D eigenvalue weighted by molar-refractivity contribution is 7.89. The minimum Gasteiger partial charge on any atom is -0.337 e. The third kappa shape index (κ3) is 4.82. The number of hydrogen-bond donors (Lipinski definition) is 0. The fraction of sp³-hybridized carbons (Fsp3) is 0.400. The van der Waals surface area contributed by atoms with E-state index >= 15 is 0 Å². The Kier molecular flexibility index (Phi) is 6.28. The molecule has 31 heavy (non-hydrogen) atoms. The molecule has 0 bridgehead atoms. The second-order valence-corrected chi connectivity index (χ2v) is 9.23. The number of piperazine rings is 1. The van der Waals surface area contributed by atoms with Gasteiger partial charge in [0.2, 0.25) is 15.9 Å². The molecule has 0 atom stereocenters. The Hall–Kier alpha value is -2.66. The first-order valence-electron chi connectivity index (χ1n) is 9.56. The highest BCUT2D eigenvalue weighted by Gasteiger charge is 2.34. The van der Waals surface area contributed by atoms with E-state index in [1.165, 1.54) is 11.0 Å². The molecule has 0 unspecified atom stereocenters. The lowest BCUT2D eigenvalue weighted by atomic mass is 10.2. The minimum atomic E-state index is -4.63. The summed E-state index contributed by atoms with van der Waals surface area (Å²) in [6.45, 7) is 4.03. The number of carbonyl (C=O) groups is 1. The van der Waals surface area contributed by atoms with Crippen molar-refractivity contribution in [2.24, 2.45) is 7.05 Å². The third-order valence-corrected chi connectivity index (χ3v) is 7.20. The fourth-order valence-electron chi connectivity index (χ4n) is 3.42. The largest absolute Gasteiger partial charge is 0.416 e. The molecule has 2 aromatic rings. The Morgan fingerprint density at radius 3 is 2.32 bits per heavy atom. The number of carbonyl (C=O) groups excluding carboxylic acids is 1. The van der Waals surface area contributed by atoms with E-state index in [2.05, 4.69) is 5.10 Å². The molecule has 1 saturated heterocycles. The lowest BCUT2D eigenvalue weighted by molar-refractivity contribution is -0.137. The lowest BCUT2D eigenvalue weighted by Crippen LogP contribution is -2.50. The van der Waals surface area contributed by atoms with E-state index in [4.69, 9.17) is 0 Å². The molecule has 0 radical (unpaired) electrons. The van der Waals surface area contributed by atoms with Crippen molar-refractivity contribution in [2.75, 3.05) is 26.2 Å². The minimum absolute atomic E-state index is 0.00308. The van der Waals surface area contributed by atoms with Gasteiger partial charge in [0.25, 0.3) is 0 Å². The van der Waals surface area contributed by atoms with E-state index in [1.54, 1.807) is 10.8 Å². The van der Waals surface area contributed by atoms with E-state index in [0.29, 0.717) is 6.07 Å². The summed E-state index contributed by atoms with van der Waals surface area (Å²) in [6, 6.07) is 3.67. The predicted molar refractivity (Wildman–Crippen MR) is 108 cm³/mol. The van der Waals surface area contributed by atoms with Crippen LogP contribution in [0.1, 0.15) is 22.5 Å². The van der Waals surface area contributed by atoms with Gasteiger partial charge in [-0.25, -0.2) is 8.42 Å². The zero-order valence-electron chi connectivity index (χ0n) is 17.3. The van der Waals surface area contributed by atoms with Crippen LogP contribution in [0.15, 0.2) is 35.2 Å². The van der Waals surface area contributed by atoms with Crippen molar-refractivity contribution in [3.8, 4) is 0 Å². The zero-order valence-corrected chi connectivity index (χ0v) is 18.2. The highest BCUT2D eigenvalue weighted by Crippen LogP contribution is 2.31. The standard InChI is InChI=1S/C20H23F3N4O3S/c1-14-18(15(2)25(3)24-14)7-8-19(28)26-9-11-27(12-10-26)31(29,30)17-6-4-5-16(13-17)20(21,22)23/h4-8,13H,9-12H2,1-3H3. The maximum absolute atomic E-state index is 12.9. The number of alkyl halides is 3. The van der Waals surface area contributed by atoms with Crippen LogP contribution >= 0.6 is 0 Å². The lowest BCUT2D eigenvalue weighted by Gasteiger charge is -2.33. The first-order valence-corrected chi connectivity index (χ1v) is 11.0. The van der Waals surface area contributed by atoms with E-state index in [1.807, 2.05) is 20.9 Å². The van der Waals surface area contributed by atoms with Crippen LogP contribution < -0.4 is 0 Å². The average Bonchev–Trinajstić information content (AvgIpc) is 2.97. The van der Waals surface area contributed by atoms with Gasteiger partial charge in [-0.15, -0.1) is 0 Å². The van der Waals surface area contributed by atoms with Crippen LogP contribution in [0.2, 0.25) is 0 Å². The van der Waals surface area contributed by atoms with Crippen molar-refractivity contribution in [3.05, 3.63) is 52.9 Å². The van der Waals surface area contributed by atoms with Gasteiger partial charge in [0.05, 0.1) is 16.2 Å². The molecule has 0 aliphatic carbocycles. The van der Waals surface area contributed by atoms with Crippen LogP contribution in [0.25, 0.3) is 6.08 Å². The van der Waals surface area contributed by atoms with E-state index in [0.717, 1.165) is 39.5 Å². The molecule has 3 rings (SSSR count). The first-order chi connectivity index (χ1) is 14.4. The van der Waals surface area contributed by atoms with E-state index in [-0.39, 0.29) is 32.1 Å². The van der Waals surface area contributed by atoms with E-state index < -0.39 is 26.7 Å². The maximum atomic E-state index is 12.9.